The number of carbonyl (C=O) groups is 1. The number of aliphatic carboxylic acids is 1. The molecular weight excluding hydrogens is 264 g/mol. The molecule has 0 saturated carbocycles. The molecule has 1 aromatic carbocycles. The summed E-state index contributed by atoms with van der Waals surface area (Å²) < 4.78 is 0. The van der Waals surface area contributed by atoms with E-state index in [4.69, 9.17) is 5.11 Å². The number of para-hydroxylation sites is 1. The number of hydrogen-bond donors (Lipinski definition) is 1. The molecule has 0 radical (unpaired) electrons. The van der Waals surface area contributed by atoms with Crippen LogP contribution in [-0.4, -0.2) is 48.7 Å². The van der Waals surface area contributed by atoms with Gasteiger partial charge in [0.05, 0.1) is 0 Å². The van der Waals surface area contributed by atoms with Crippen LogP contribution in [0.15, 0.2) is 30.3 Å². The van der Waals surface area contributed by atoms with Crippen LogP contribution >= 0.6 is 0 Å². The standard InChI is InChI=1S/C17H24N2O2/c1-3-19-12-6-8-15(19)13-18(2)16-9-5-4-7-14(16)10-11-17(20)21/h4-5,7,9-11,15H,3,6,8,12-13H2,1-2H3,(H,20,21). The minimum atomic E-state index is -0.916. The molecule has 4 heteroatoms. The molecule has 1 N–H and O–H groups in total. The van der Waals surface area contributed by atoms with E-state index in [9.17, 15) is 4.79 Å². The summed E-state index contributed by atoms with van der Waals surface area (Å²) in [5.41, 5.74) is 2.03. The van der Waals surface area contributed by atoms with E-state index in [0.29, 0.717) is 6.04 Å². The third-order valence-electron chi connectivity index (χ3n) is 4.14. The maximum atomic E-state index is 10.7. The van der Waals surface area contributed by atoms with Gasteiger partial charge in [0.25, 0.3) is 0 Å². The van der Waals surface area contributed by atoms with Gasteiger partial charge in [0, 0.05) is 31.4 Å². The Bertz CT molecular complexity index is 513. The predicted octanol–water partition coefficient (Wildman–Crippen LogP) is 2.70. The number of hydrogen-bond acceptors (Lipinski definition) is 3. The molecule has 0 bridgehead atoms. The Kier molecular flexibility index (Phi) is 5.39. The van der Waals surface area contributed by atoms with E-state index < -0.39 is 5.97 Å². The van der Waals surface area contributed by atoms with Crippen LogP contribution in [0, 0.1) is 0 Å². The van der Waals surface area contributed by atoms with Crippen molar-refractivity contribution in [1.29, 1.82) is 0 Å². The lowest BCUT2D eigenvalue weighted by molar-refractivity contribution is -0.131. The highest BCUT2D eigenvalue weighted by Crippen LogP contribution is 2.24. The number of carboxylic acids is 1. The van der Waals surface area contributed by atoms with Gasteiger partial charge >= 0.3 is 5.97 Å². The maximum absolute atomic E-state index is 10.7. The minimum absolute atomic E-state index is 0.594. The number of carboxylic acid groups (broad SMARTS) is 1. The van der Waals surface area contributed by atoms with Gasteiger partial charge in [-0.15, -0.1) is 0 Å². The molecular formula is C17H24N2O2. The van der Waals surface area contributed by atoms with Crippen molar-refractivity contribution >= 4 is 17.7 Å². The van der Waals surface area contributed by atoms with E-state index in [1.54, 1.807) is 6.08 Å². The number of nitrogens with zero attached hydrogens (tertiary/aromatic N) is 2. The monoisotopic (exact) mass is 288 g/mol. The first kappa shape index (κ1) is 15.6. The second-order valence-electron chi connectivity index (χ2n) is 5.54. The van der Waals surface area contributed by atoms with Crippen molar-refractivity contribution in [2.24, 2.45) is 0 Å². The number of likely N-dealkylation sites (N-methyl/N-ethyl adjacent to an activating group) is 2. The number of rotatable bonds is 6. The van der Waals surface area contributed by atoms with E-state index in [-0.39, 0.29) is 0 Å². The molecule has 0 aliphatic carbocycles. The lowest BCUT2D eigenvalue weighted by atomic mass is 10.1. The molecule has 1 aliphatic rings. The molecule has 1 aliphatic heterocycles. The molecule has 2 rings (SSSR count). The molecule has 1 unspecified atom stereocenters. The van der Waals surface area contributed by atoms with Crippen LogP contribution in [0.3, 0.4) is 0 Å². The number of anilines is 1. The summed E-state index contributed by atoms with van der Waals surface area (Å²) in [4.78, 5) is 15.5. The van der Waals surface area contributed by atoms with Crippen molar-refractivity contribution < 1.29 is 9.90 Å². The highest BCUT2D eigenvalue weighted by molar-refractivity contribution is 5.86. The summed E-state index contributed by atoms with van der Waals surface area (Å²) in [5, 5.41) is 8.79. The third-order valence-corrected chi connectivity index (χ3v) is 4.14. The maximum Gasteiger partial charge on any atom is 0.328 e. The van der Waals surface area contributed by atoms with Gasteiger partial charge in [0.1, 0.15) is 0 Å². The van der Waals surface area contributed by atoms with E-state index >= 15 is 0 Å². The summed E-state index contributed by atoms with van der Waals surface area (Å²) >= 11 is 0. The van der Waals surface area contributed by atoms with Gasteiger partial charge in [-0.05, 0) is 43.6 Å². The second kappa shape index (κ2) is 7.27. The van der Waals surface area contributed by atoms with Crippen molar-refractivity contribution in [3.8, 4) is 0 Å². The van der Waals surface area contributed by atoms with E-state index in [2.05, 4.69) is 23.8 Å². The average Bonchev–Trinajstić information content (AvgIpc) is 2.92. The first-order chi connectivity index (χ1) is 10.1. The molecule has 1 fully saturated rings. The highest BCUT2D eigenvalue weighted by Gasteiger charge is 2.24. The average molecular weight is 288 g/mol. The SMILES string of the molecule is CCN1CCCC1CN(C)c1ccccc1C=CC(=O)O. The van der Waals surface area contributed by atoms with Gasteiger partial charge in [-0.3, -0.25) is 4.90 Å². The van der Waals surface area contributed by atoms with E-state index in [1.165, 1.54) is 25.5 Å². The van der Waals surface area contributed by atoms with Crippen molar-refractivity contribution in [1.82, 2.24) is 4.90 Å². The summed E-state index contributed by atoms with van der Waals surface area (Å²) in [6, 6.07) is 8.53. The van der Waals surface area contributed by atoms with Gasteiger partial charge in [-0.1, -0.05) is 25.1 Å². The summed E-state index contributed by atoms with van der Waals surface area (Å²) in [5.74, 6) is -0.916. The molecule has 1 atom stereocenters. The summed E-state index contributed by atoms with van der Waals surface area (Å²) in [6.45, 7) is 5.47. The second-order valence-corrected chi connectivity index (χ2v) is 5.54. The van der Waals surface area contributed by atoms with Crippen LogP contribution in [0.4, 0.5) is 5.69 Å². The van der Waals surface area contributed by atoms with Gasteiger partial charge in [-0.25, -0.2) is 4.79 Å². The molecule has 1 heterocycles. The Morgan fingerprint density at radius 1 is 1.48 bits per heavy atom. The minimum Gasteiger partial charge on any atom is -0.478 e. The molecule has 114 valence electrons. The Balaban J connectivity index is 2.11. The van der Waals surface area contributed by atoms with Gasteiger partial charge in [0.15, 0.2) is 0 Å². The fourth-order valence-corrected chi connectivity index (χ4v) is 3.07. The lowest BCUT2D eigenvalue weighted by Crippen LogP contribution is -2.38. The van der Waals surface area contributed by atoms with E-state index in [1.807, 2.05) is 24.3 Å². The zero-order chi connectivity index (χ0) is 15.2. The molecule has 1 saturated heterocycles. The van der Waals surface area contributed by atoms with Gasteiger partial charge < -0.3 is 10.0 Å². The van der Waals surface area contributed by atoms with Crippen LogP contribution in [0.1, 0.15) is 25.3 Å². The fourth-order valence-electron chi connectivity index (χ4n) is 3.07. The van der Waals surface area contributed by atoms with Crippen molar-refractivity contribution in [2.45, 2.75) is 25.8 Å². The largest absolute Gasteiger partial charge is 0.478 e. The molecule has 0 aromatic heterocycles. The molecule has 0 amide bonds. The smallest absolute Gasteiger partial charge is 0.328 e. The first-order valence-corrected chi connectivity index (χ1v) is 7.57. The van der Waals surface area contributed by atoms with Crippen LogP contribution in [-0.2, 0) is 4.79 Å². The number of benzene rings is 1. The molecule has 21 heavy (non-hydrogen) atoms. The summed E-state index contributed by atoms with van der Waals surface area (Å²) in [6.07, 6.45) is 5.37. The topological polar surface area (TPSA) is 43.8 Å². The van der Waals surface area contributed by atoms with Crippen LogP contribution < -0.4 is 4.90 Å². The van der Waals surface area contributed by atoms with Crippen LogP contribution in [0.25, 0.3) is 6.08 Å². The Morgan fingerprint density at radius 2 is 2.24 bits per heavy atom. The zero-order valence-electron chi connectivity index (χ0n) is 12.8. The lowest BCUT2D eigenvalue weighted by Gasteiger charge is -2.29. The molecule has 0 spiro atoms. The van der Waals surface area contributed by atoms with Crippen LogP contribution in [0.5, 0.6) is 0 Å². The van der Waals surface area contributed by atoms with Gasteiger partial charge in [0.2, 0.25) is 0 Å². The highest BCUT2D eigenvalue weighted by atomic mass is 16.4. The number of likely N-dealkylation sites (tertiary alicyclic amines) is 1. The van der Waals surface area contributed by atoms with Crippen molar-refractivity contribution in [3.05, 3.63) is 35.9 Å². The predicted molar refractivity (Wildman–Crippen MR) is 86.7 cm³/mol. The third kappa shape index (κ3) is 4.08. The van der Waals surface area contributed by atoms with Crippen LogP contribution in [0.2, 0.25) is 0 Å². The van der Waals surface area contributed by atoms with Gasteiger partial charge in [-0.2, -0.15) is 0 Å². The Labute approximate surface area is 126 Å². The molecule has 1 aromatic rings. The Morgan fingerprint density at radius 3 is 2.95 bits per heavy atom. The van der Waals surface area contributed by atoms with Crippen molar-refractivity contribution in [2.75, 3.05) is 31.6 Å². The zero-order valence-corrected chi connectivity index (χ0v) is 12.8. The van der Waals surface area contributed by atoms with Crippen molar-refractivity contribution in [3.63, 3.8) is 0 Å². The summed E-state index contributed by atoms with van der Waals surface area (Å²) in [7, 11) is 2.08. The Hall–Kier alpha value is -1.81. The molecule has 4 nitrogen and oxygen atoms in total. The quantitative estimate of drug-likeness (QED) is 0.817. The fraction of sp³-hybridized carbons (Fsp3) is 0.471. The first-order valence-electron chi connectivity index (χ1n) is 7.57. The van der Waals surface area contributed by atoms with E-state index in [0.717, 1.165) is 24.3 Å². The normalized spacial score (nSPS) is 19.2.